The maximum absolute atomic E-state index is 12.4. The highest BCUT2D eigenvalue weighted by atomic mass is 16.5. The van der Waals surface area contributed by atoms with Crippen LogP contribution in [0.25, 0.3) is 0 Å². The van der Waals surface area contributed by atoms with Gasteiger partial charge in [-0.3, -0.25) is 9.59 Å². The van der Waals surface area contributed by atoms with Crippen molar-refractivity contribution in [1.82, 2.24) is 10.2 Å². The van der Waals surface area contributed by atoms with E-state index in [0.717, 1.165) is 13.1 Å². The zero-order chi connectivity index (χ0) is 14.5. The summed E-state index contributed by atoms with van der Waals surface area (Å²) in [4.78, 5) is 24.8. The van der Waals surface area contributed by atoms with E-state index in [2.05, 4.69) is 5.32 Å². The van der Waals surface area contributed by atoms with Crippen LogP contribution in [0.3, 0.4) is 0 Å². The molecule has 1 aromatic rings. The van der Waals surface area contributed by atoms with Crippen molar-refractivity contribution in [1.29, 1.82) is 0 Å². The van der Waals surface area contributed by atoms with Crippen LogP contribution in [0.4, 0.5) is 0 Å². The van der Waals surface area contributed by atoms with Crippen molar-refractivity contribution >= 4 is 11.8 Å². The lowest BCUT2D eigenvalue weighted by atomic mass is 10.1. The Labute approximate surface area is 117 Å². The number of ether oxygens (including phenoxy) is 1. The number of carbonyl (C=O) groups is 2. The van der Waals surface area contributed by atoms with E-state index in [9.17, 15) is 9.59 Å². The molecule has 3 N–H and O–H groups in total. The number of nitrogens with one attached hydrogen (secondary N) is 1. The lowest BCUT2D eigenvalue weighted by molar-refractivity contribution is -0.119. The molecule has 0 aromatic heterocycles. The zero-order valence-corrected chi connectivity index (χ0v) is 11.5. The number of hydrogen-bond donors (Lipinski definition) is 2. The van der Waals surface area contributed by atoms with Crippen LogP contribution < -0.4 is 15.8 Å². The molecule has 0 unspecified atom stereocenters. The third kappa shape index (κ3) is 3.48. The molecule has 0 aliphatic carbocycles. The van der Waals surface area contributed by atoms with Crippen LogP contribution in [0.1, 0.15) is 17.3 Å². The molecule has 0 radical (unpaired) electrons. The molecular formula is C14H19N3O3. The third-order valence-electron chi connectivity index (χ3n) is 3.24. The molecule has 20 heavy (non-hydrogen) atoms. The van der Waals surface area contributed by atoms with Gasteiger partial charge < -0.3 is 20.7 Å². The first-order valence-corrected chi connectivity index (χ1v) is 6.61. The standard InChI is InChI=1S/C14H19N3O3/c1-10-8-16-6-7-17(10)14(19)11-2-4-12(5-3-11)20-9-13(15)18/h2-5,10,16H,6-9H2,1H3,(H2,15,18)/t10-/m1/s1. The van der Waals surface area contributed by atoms with Crippen LogP contribution in [-0.2, 0) is 4.79 Å². The van der Waals surface area contributed by atoms with Crippen molar-refractivity contribution in [3.63, 3.8) is 0 Å². The molecule has 0 spiro atoms. The predicted octanol–water partition coefficient (Wildman–Crippen LogP) is -0.0154. The van der Waals surface area contributed by atoms with Crippen molar-refractivity contribution < 1.29 is 14.3 Å². The van der Waals surface area contributed by atoms with Gasteiger partial charge in [0.1, 0.15) is 5.75 Å². The van der Waals surface area contributed by atoms with Gasteiger partial charge in [-0.1, -0.05) is 0 Å². The van der Waals surface area contributed by atoms with Gasteiger partial charge in [-0.05, 0) is 31.2 Å². The van der Waals surface area contributed by atoms with Crippen LogP contribution in [0.15, 0.2) is 24.3 Å². The topological polar surface area (TPSA) is 84.7 Å². The number of nitrogens with zero attached hydrogens (tertiary/aromatic N) is 1. The third-order valence-corrected chi connectivity index (χ3v) is 3.24. The molecular weight excluding hydrogens is 258 g/mol. The number of piperazine rings is 1. The van der Waals surface area contributed by atoms with Gasteiger partial charge in [-0.2, -0.15) is 0 Å². The molecule has 1 aromatic carbocycles. The number of carbonyl (C=O) groups excluding carboxylic acids is 2. The fourth-order valence-electron chi connectivity index (χ4n) is 2.16. The van der Waals surface area contributed by atoms with E-state index in [4.69, 9.17) is 10.5 Å². The number of rotatable bonds is 4. The van der Waals surface area contributed by atoms with E-state index >= 15 is 0 Å². The highest BCUT2D eigenvalue weighted by Gasteiger charge is 2.23. The molecule has 1 heterocycles. The van der Waals surface area contributed by atoms with E-state index in [0.29, 0.717) is 17.9 Å². The van der Waals surface area contributed by atoms with Crippen LogP contribution in [0.5, 0.6) is 5.75 Å². The Kier molecular flexibility index (Phi) is 4.57. The maximum Gasteiger partial charge on any atom is 0.255 e. The smallest absolute Gasteiger partial charge is 0.255 e. The lowest BCUT2D eigenvalue weighted by Gasteiger charge is -2.34. The van der Waals surface area contributed by atoms with E-state index in [-0.39, 0.29) is 18.6 Å². The van der Waals surface area contributed by atoms with Crippen LogP contribution in [0.2, 0.25) is 0 Å². The van der Waals surface area contributed by atoms with E-state index in [1.165, 1.54) is 0 Å². The van der Waals surface area contributed by atoms with Gasteiger partial charge in [-0.15, -0.1) is 0 Å². The average Bonchev–Trinajstić information content (AvgIpc) is 2.45. The Bertz CT molecular complexity index is 487. The molecule has 1 saturated heterocycles. The molecule has 1 fully saturated rings. The summed E-state index contributed by atoms with van der Waals surface area (Å²) in [5.74, 6) is 0.00829. The molecule has 1 aliphatic rings. The zero-order valence-electron chi connectivity index (χ0n) is 11.5. The van der Waals surface area contributed by atoms with Crippen LogP contribution >= 0.6 is 0 Å². The summed E-state index contributed by atoms with van der Waals surface area (Å²) in [7, 11) is 0. The Morgan fingerprint density at radius 1 is 1.40 bits per heavy atom. The van der Waals surface area contributed by atoms with Crippen molar-refractivity contribution in [2.75, 3.05) is 26.2 Å². The van der Waals surface area contributed by atoms with Crippen molar-refractivity contribution in [2.45, 2.75) is 13.0 Å². The number of hydrogen-bond acceptors (Lipinski definition) is 4. The Balaban J connectivity index is 2.01. The fourth-order valence-corrected chi connectivity index (χ4v) is 2.16. The first-order chi connectivity index (χ1) is 9.58. The Hall–Kier alpha value is -2.08. The first-order valence-electron chi connectivity index (χ1n) is 6.61. The maximum atomic E-state index is 12.4. The van der Waals surface area contributed by atoms with Gasteiger partial charge in [0.25, 0.3) is 11.8 Å². The Morgan fingerprint density at radius 3 is 2.70 bits per heavy atom. The van der Waals surface area contributed by atoms with E-state index < -0.39 is 5.91 Å². The second kappa shape index (κ2) is 6.38. The second-order valence-corrected chi connectivity index (χ2v) is 4.83. The van der Waals surface area contributed by atoms with Crippen LogP contribution in [-0.4, -0.2) is 49.0 Å². The van der Waals surface area contributed by atoms with E-state index in [1.807, 2.05) is 11.8 Å². The van der Waals surface area contributed by atoms with Crippen molar-refractivity contribution in [3.05, 3.63) is 29.8 Å². The molecule has 2 amide bonds. The summed E-state index contributed by atoms with van der Waals surface area (Å²) in [5, 5.41) is 3.25. The number of amides is 2. The molecule has 1 aliphatic heterocycles. The number of primary amides is 1. The minimum absolute atomic E-state index is 0.0143. The molecule has 2 rings (SSSR count). The second-order valence-electron chi connectivity index (χ2n) is 4.83. The summed E-state index contributed by atoms with van der Waals surface area (Å²) >= 11 is 0. The van der Waals surface area contributed by atoms with E-state index in [1.54, 1.807) is 24.3 Å². The lowest BCUT2D eigenvalue weighted by Crippen LogP contribution is -2.52. The minimum atomic E-state index is -0.528. The summed E-state index contributed by atoms with van der Waals surface area (Å²) in [5.41, 5.74) is 5.62. The monoisotopic (exact) mass is 277 g/mol. The van der Waals surface area contributed by atoms with Gasteiger partial charge in [0.15, 0.2) is 6.61 Å². The van der Waals surface area contributed by atoms with Crippen LogP contribution in [0, 0.1) is 0 Å². The average molecular weight is 277 g/mol. The first kappa shape index (κ1) is 14.3. The summed E-state index contributed by atoms with van der Waals surface area (Å²) in [6, 6.07) is 6.93. The largest absolute Gasteiger partial charge is 0.484 e. The molecule has 108 valence electrons. The quantitative estimate of drug-likeness (QED) is 0.810. The molecule has 6 nitrogen and oxygen atoms in total. The SMILES string of the molecule is C[C@@H]1CNCCN1C(=O)c1ccc(OCC(N)=O)cc1. The van der Waals surface area contributed by atoms with Crippen molar-refractivity contribution in [2.24, 2.45) is 5.73 Å². The van der Waals surface area contributed by atoms with Crippen molar-refractivity contribution in [3.8, 4) is 5.75 Å². The Morgan fingerprint density at radius 2 is 2.10 bits per heavy atom. The summed E-state index contributed by atoms with van der Waals surface area (Å²) < 4.78 is 5.16. The normalized spacial score (nSPS) is 18.6. The highest BCUT2D eigenvalue weighted by molar-refractivity contribution is 5.94. The predicted molar refractivity (Wildman–Crippen MR) is 74.5 cm³/mol. The summed E-state index contributed by atoms with van der Waals surface area (Å²) in [6.07, 6.45) is 0. The highest BCUT2D eigenvalue weighted by Crippen LogP contribution is 2.15. The molecule has 6 heteroatoms. The minimum Gasteiger partial charge on any atom is -0.484 e. The fraction of sp³-hybridized carbons (Fsp3) is 0.429. The van der Waals surface area contributed by atoms with Gasteiger partial charge in [0.2, 0.25) is 0 Å². The number of benzene rings is 1. The number of nitrogens with two attached hydrogens (primary N) is 1. The van der Waals surface area contributed by atoms with Gasteiger partial charge >= 0.3 is 0 Å². The molecule has 0 bridgehead atoms. The summed E-state index contributed by atoms with van der Waals surface area (Å²) in [6.45, 7) is 4.19. The van der Waals surface area contributed by atoms with Gasteiger partial charge in [0, 0.05) is 31.2 Å². The van der Waals surface area contributed by atoms with Gasteiger partial charge in [0.05, 0.1) is 0 Å². The van der Waals surface area contributed by atoms with Gasteiger partial charge in [-0.25, -0.2) is 0 Å². The molecule has 0 saturated carbocycles. The molecule has 1 atom stereocenters.